The summed E-state index contributed by atoms with van der Waals surface area (Å²) in [5, 5.41) is 0. The summed E-state index contributed by atoms with van der Waals surface area (Å²) in [7, 11) is 1.69. The highest BCUT2D eigenvalue weighted by molar-refractivity contribution is 5.76. The molecule has 0 spiro atoms. The van der Waals surface area contributed by atoms with Crippen LogP contribution in [0.25, 0.3) is 22.6 Å². The Morgan fingerprint density at radius 1 is 0.968 bits per heavy atom. The second-order valence-electron chi connectivity index (χ2n) is 8.60. The maximum absolute atomic E-state index is 13.4. The van der Waals surface area contributed by atoms with Crippen molar-refractivity contribution in [3.8, 4) is 5.69 Å². The van der Waals surface area contributed by atoms with Gasteiger partial charge in [0, 0.05) is 37.7 Å². The number of hydrogen-bond donors (Lipinski definition) is 0. The first-order valence-electron chi connectivity index (χ1n) is 10.9. The lowest BCUT2D eigenvalue weighted by molar-refractivity contribution is 0.218. The summed E-state index contributed by atoms with van der Waals surface area (Å²) in [5.41, 5.74) is 3.41. The predicted octanol–water partition coefficient (Wildman–Crippen LogP) is 2.24. The second-order valence-corrected chi connectivity index (χ2v) is 8.60. The molecule has 8 heteroatoms. The number of rotatable bonds is 4. The quantitative estimate of drug-likeness (QED) is 0.508. The highest BCUT2D eigenvalue weighted by atomic mass is 16.2. The number of nitrogens with zero attached hydrogens (tertiary/aromatic N) is 6. The molecular weight excluding hydrogens is 392 g/mol. The first kappa shape index (κ1) is 19.8. The molecule has 3 aromatic heterocycles. The van der Waals surface area contributed by atoms with Crippen LogP contribution < -0.4 is 11.2 Å². The fourth-order valence-corrected chi connectivity index (χ4v) is 4.65. The van der Waals surface area contributed by atoms with E-state index in [1.54, 1.807) is 7.05 Å². The Hall–Kier alpha value is -3.13. The summed E-state index contributed by atoms with van der Waals surface area (Å²) in [6.07, 6.45) is 5.54. The third-order valence-corrected chi connectivity index (χ3v) is 6.41. The summed E-state index contributed by atoms with van der Waals surface area (Å²) >= 11 is 0. The second kappa shape index (κ2) is 7.53. The fraction of sp³-hybridized carbons (Fsp3) is 0.435. The Morgan fingerprint density at radius 3 is 2.39 bits per heavy atom. The van der Waals surface area contributed by atoms with Gasteiger partial charge in [0.25, 0.3) is 5.56 Å². The Bertz CT molecular complexity index is 1380. The molecule has 0 N–H and O–H groups in total. The molecular formula is C23H28N6O2. The van der Waals surface area contributed by atoms with Gasteiger partial charge in [-0.05, 0) is 51.9 Å². The monoisotopic (exact) mass is 420 g/mol. The maximum atomic E-state index is 13.4. The molecule has 0 unspecified atom stereocenters. The Labute approximate surface area is 180 Å². The number of fused-ring (bicyclic) bond motifs is 3. The summed E-state index contributed by atoms with van der Waals surface area (Å²) in [5.74, 6) is 0.636. The average Bonchev–Trinajstić information content (AvgIpc) is 3.28. The van der Waals surface area contributed by atoms with Gasteiger partial charge in [-0.2, -0.15) is 4.98 Å². The van der Waals surface area contributed by atoms with Crippen molar-refractivity contribution in [2.45, 2.75) is 39.7 Å². The van der Waals surface area contributed by atoms with Crippen LogP contribution in [-0.2, 0) is 13.6 Å². The zero-order valence-electron chi connectivity index (χ0n) is 18.3. The van der Waals surface area contributed by atoms with Gasteiger partial charge in [0.1, 0.15) is 0 Å². The Morgan fingerprint density at radius 2 is 1.68 bits per heavy atom. The van der Waals surface area contributed by atoms with Crippen molar-refractivity contribution >= 4 is 16.9 Å². The Kier molecular flexibility index (Phi) is 4.81. The van der Waals surface area contributed by atoms with Crippen LogP contribution in [0.5, 0.6) is 0 Å². The molecule has 162 valence electrons. The predicted molar refractivity (Wildman–Crippen MR) is 121 cm³/mol. The highest BCUT2D eigenvalue weighted by Crippen LogP contribution is 2.21. The third kappa shape index (κ3) is 3.22. The van der Waals surface area contributed by atoms with E-state index in [0.717, 1.165) is 24.5 Å². The lowest BCUT2D eigenvalue weighted by atomic mass is 10.1. The van der Waals surface area contributed by atoms with Gasteiger partial charge < -0.3 is 4.90 Å². The van der Waals surface area contributed by atoms with Crippen LogP contribution in [0, 0.1) is 13.8 Å². The van der Waals surface area contributed by atoms with E-state index >= 15 is 0 Å². The van der Waals surface area contributed by atoms with Crippen LogP contribution >= 0.6 is 0 Å². The van der Waals surface area contributed by atoms with Crippen molar-refractivity contribution in [2.24, 2.45) is 7.05 Å². The van der Waals surface area contributed by atoms with Crippen molar-refractivity contribution in [1.82, 2.24) is 28.0 Å². The molecule has 4 heterocycles. The molecule has 0 aliphatic carbocycles. The Balaban J connectivity index is 1.66. The summed E-state index contributed by atoms with van der Waals surface area (Å²) in [4.78, 5) is 33.4. The van der Waals surface area contributed by atoms with E-state index < -0.39 is 0 Å². The standard InChI is InChI=1S/C23H28N6O2/c1-16-7-9-18(10-8-16)29-17(2)15-28-19-20(24-22(28)29)25(3)23(31)27(21(19)30)14-13-26-11-5-4-6-12-26/h7-10,15H,4-6,11-14H2,1-3H3. The van der Waals surface area contributed by atoms with E-state index in [4.69, 9.17) is 4.98 Å². The molecule has 1 saturated heterocycles. The van der Waals surface area contributed by atoms with Gasteiger partial charge in [-0.1, -0.05) is 24.1 Å². The first-order chi connectivity index (χ1) is 15.0. The van der Waals surface area contributed by atoms with Crippen LogP contribution in [0.1, 0.15) is 30.5 Å². The minimum atomic E-state index is -0.311. The number of hydrogen-bond acceptors (Lipinski definition) is 4. The maximum Gasteiger partial charge on any atom is 0.332 e. The molecule has 1 aliphatic heterocycles. The van der Waals surface area contributed by atoms with Gasteiger partial charge in [-0.15, -0.1) is 0 Å². The largest absolute Gasteiger partial charge is 0.332 e. The molecule has 0 atom stereocenters. The van der Waals surface area contributed by atoms with Gasteiger partial charge in [-0.25, -0.2) is 4.79 Å². The highest BCUT2D eigenvalue weighted by Gasteiger charge is 2.21. The van der Waals surface area contributed by atoms with Crippen molar-refractivity contribution in [3.63, 3.8) is 0 Å². The summed E-state index contributed by atoms with van der Waals surface area (Å²) in [6, 6.07) is 8.18. The molecule has 0 saturated carbocycles. The molecule has 0 amide bonds. The topological polar surface area (TPSA) is 69.5 Å². The van der Waals surface area contributed by atoms with Gasteiger partial charge >= 0.3 is 5.69 Å². The van der Waals surface area contributed by atoms with E-state index in [1.165, 1.54) is 34.0 Å². The third-order valence-electron chi connectivity index (χ3n) is 6.41. The van der Waals surface area contributed by atoms with Crippen LogP contribution in [0.15, 0.2) is 40.1 Å². The lowest BCUT2D eigenvalue weighted by Gasteiger charge is -2.26. The smallest absolute Gasteiger partial charge is 0.302 e. The van der Waals surface area contributed by atoms with E-state index in [2.05, 4.69) is 17.0 Å². The van der Waals surface area contributed by atoms with Crippen molar-refractivity contribution < 1.29 is 0 Å². The van der Waals surface area contributed by atoms with Gasteiger partial charge in [-0.3, -0.25) is 22.9 Å². The van der Waals surface area contributed by atoms with Gasteiger partial charge in [0.15, 0.2) is 11.2 Å². The van der Waals surface area contributed by atoms with E-state index in [9.17, 15) is 9.59 Å². The van der Waals surface area contributed by atoms with Crippen LogP contribution in [-0.4, -0.2) is 47.6 Å². The van der Waals surface area contributed by atoms with E-state index in [-0.39, 0.29) is 11.2 Å². The molecule has 5 rings (SSSR count). The average molecular weight is 421 g/mol. The molecule has 1 aliphatic rings. The number of piperidine rings is 1. The number of aromatic nitrogens is 5. The zero-order valence-corrected chi connectivity index (χ0v) is 18.3. The molecule has 4 aromatic rings. The van der Waals surface area contributed by atoms with Gasteiger partial charge in [0.2, 0.25) is 5.78 Å². The summed E-state index contributed by atoms with van der Waals surface area (Å²) in [6.45, 7) is 7.23. The molecule has 0 bridgehead atoms. The SMILES string of the molecule is Cc1ccc(-n2c(C)cn3c4c(=O)n(CCN5CCCCC5)c(=O)n(C)c4nc23)cc1. The molecule has 1 fully saturated rings. The molecule has 1 aromatic carbocycles. The minimum absolute atomic E-state index is 0.274. The normalized spacial score (nSPS) is 15.3. The summed E-state index contributed by atoms with van der Waals surface area (Å²) < 4.78 is 6.70. The number of likely N-dealkylation sites (tertiary alicyclic amines) is 1. The van der Waals surface area contributed by atoms with E-state index in [1.807, 2.05) is 41.1 Å². The van der Waals surface area contributed by atoms with Crippen molar-refractivity contribution in [3.05, 3.63) is 62.6 Å². The minimum Gasteiger partial charge on any atom is -0.302 e. The van der Waals surface area contributed by atoms with Crippen LogP contribution in [0.3, 0.4) is 0 Å². The van der Waals surface area contributed by atoms with Crippen molar-refractivity contribution in [2.75, 3.05) is 19.6 Å². The fourth-order valence-electron chi connectivity index (χ4n) is 4.65. The molecule has 8 nitrogen and oxygen atoms in total. The lowest BCUT2D eigenvalue weighted by Crippen LogP contribution is -2.43. The first-order valence-corrected chi connectivity index (χ1v) is 10.9. The number of aryl methyl sites for hydroxylation is 3. The van der Waals surface area contributed by atoms with Crippen molar-refractivity contribution in [1.29, 1.82) is 0 Å². The number of imidazole rings is 2. The van der Waals surface area contributed by atoms with E-state index in [0.29, 0.717) is 30.0 Å². The van der Waals surface area contributed by atoms with Crippen LogP contribution in [0.4, 0.5) is 0 Å². The van der Waals surface area contributed by atoms with Gasteiger partial charge in [0.05, 0.1) is 0 Å². The van der Waals surface area contributed by atoms with Crippen LogP contribution in [0.2, 0.25) is 0 Å². The zero-order chi connectivity index (χ0) is 21.7. The molecule has 31 heavy (non-hydrogen) atoms. The molecule has 0 radical (unpaired) electrons. The number of benzene rings is 1.